The number of hydrogen-bond donors (Lipinski definition) is 4. The lowest BCUT2D eigenvalue weighted by Gasteiger charge is -2.25. The lowest BCUT2D eigenvalue weighted by atomic mass is 9.84. The molecular formula is C25H27ClN6O5. The molecule has 11 nitrogen and oxygen atoms in total. The molecule has 2 aromatic carbocycles. The number of aromatic nitrogens is 2. The molecule has 0 aliphatic carbocycles. The van der Waals surface area contributed by atoms with Crippen LogP contribution in [0.2, 0.25) is 5.02 Å². The third-order valence-corrected chi connectivity index (χ3v) is 5.74. The van der Waals surface area contributed by atoms with Crippen LogP contribution in [-0.4, -0.2) is 40.7 Å². The van der Waals surface area contributed by atoms with Gasteiger partial charge in [-0.1, -0.05) is 50.6 Å². The highest BCUT2D eigenvalue weighted by atomic mass is 35.5. The van der Waals surface area contributed by atoms with E-state index in [1.54, 1.807) is 6.07 Å². The van der Waals surface area contributed by atoms with E-state index in [1.807, 2.05) is 51.3 Å². The first kappa shape index (κ1) is 27.3. The molecule has 1 heterocycles. The number of para-hydroxylation sites is 1. The van der Waals surface area contributed by atoms with Gasteiger partial charge >= 0.3 is 12.0 Å². The van der Waals surface area contributed by atoms with Gasteiger partial charge in [0.05, 0.1) is 18.1 Å². The number of primary amides is 1. The van der Waals surface area contributed by atoms with Crippen LogP contribution in [0.1, 0.15) is 43.5 Å². The van der Waals surface area contributed by atoms with Crippen molar-refractivity contribution in [3.8, 4) is 0 Å². The molecule has 0 fully saturated rings. The Hall–Kier alpha value is -4.25. The molecule has 0 saturated heterocycles. The van der Waals surface area contributed by atoms with Crippen LogP contribution in [0.4, 0.5) is 10.5 Å². The largest absolute Gasteiger partial charge is 0.468 e. The molecule has 0 aliphatic rings. The van der Waals surface area contributed by atoms with Crippen LogP contribution in [0.15, 0.2) is 46.3 Å². The second-order valence-corrected chi connectivity index (χ2v) is 9.68. The highest BCUT2D eigenvalue weighted by Crippen LogP contribution is 2.32. The number of fused-ring (bicyclic) bond motifs is 1. The van der Waals surface area contributed by atoms with Gasteiger partial charge in [-0.05, 0) is 41.7 Å². The predicted molar refractivity (Wildman–Crippen MR) is 141 cm³/mol. The first-order valence-corrected chi connectivity index (χ1v) is 11.5. The maximum atomic E-state index is 13.6. The van der Waals surface area contributed by atoms with Crippen LogP contribution < -0.4 is 22.0 Å². The molecule has 3 amide bonds. The van der Waals surface area contributed by atoms with Crippen molar-refractivity contribution in [1.29, 1.82) is 0 Å². The molecule has 0 spiro atoms. The van der Waals surface area contributed by atoms with Crippen molar-refractivity contribution in [2.24, 2.45) is 10.8 Å². The maximum absolute atomic E-state index is 13.6. The van der Waals surface area contributed by atoms with Gasteiger partial charge < -0.3 is 20.8 Å². The number of aromatic amines is 1. The van der Waals surface area contributed by atoms with Crippen LogP contribution in [-0.2, 0) is 19.7 Å². The fraction of sp³-hybridized carbons (Fsp3) is 0.280. The van der Waals surface area contributed by atoms with E-state index in [2.05, 4.69) is 20.4 Å². The number of ether oxygens (including phenoxy) is 1. The van der Waals surface area contributed by atoms with Gasteiger partial charge in [-0.2, -0.15) is 5.10 Å². The van der Waals surface area contributed by atoms with E-state index in [1.165, 1.54) is 12.1 Å². The van der Waals surface area contributed by atoms with Crippen molar-refractivity contribution < 1.29 is 19.1 Å². The van der Waals surface area contributed by atoms with E-state index in [0.29, 0.717) is 21.7 Å². The second kappa shape index (κ2) is 10.8. The van der Waals surface area contributed by atoms with Gasteiger partial charge in [0.25, 0.3) is 11.5 Å². The number of amides is 3. The zero-order valence-electron chi connectivity index (χ0n) is 20.9. The number of nitrogens with zero attached hydrogens (tertiary/aromatic N) is 2. The summed E-state index contributed by atoms with van der Waals surface area (Å²) in [5, 5.41) is 6.93. The Balaban J connectivity index is 2.20. The minimum Gasteiger partial charge on any atom is -0.468 e. The average molecular weight is 527 g/mol. The van der Waals surface area contributed by atoms with Gasteiger partial charge in [0.1, 0.15) is 11.4 Å². The summed E-state index contributed by atoms with van der Waals surface area (Å²) in [6.07, 6.45) is 0. The first-order chi connectivity index (χ1) is 17.3. The molecule has 1 atom stereocenters. The molecule has 3 aromatic rings. The van der Waals surface area contributed by atoms with E-state index < -0.39 is 35.1 Å². The molecule has 0 aliphatic heterocycles. The molecule has 194 valence electrons. The molecule has 0 bridgehead atoms. The number of hydrogen-bond acceptors (Lipinski definition) is 7. The number of methoxy groups -OCH3 is 1. The average Bonchev–Trinajstić information content (AvgIpc) is 2.81. The van der Waals surface area contributed by atoms with Crippen molar-refractivity contribution in [3.05, 3.63) is 68.6 Å². The summed E-state index contributed by atoms with van der Waals surface area (Å²) in [5.41, 5.74) is 7.74. The smallest absolute Gasteiger partial charge is 0.332 e. The Kier molecular flexibility index (Phi) is 7.97. The summed E-state index contributed by atoms with van der Waals surface area (Å²) >= 11 is 6.00. The van der Waals surface area contributed by atoms with Crippen molar-refractivity contribution in [2.75, 3.05) is 12.4 Å². The number of rotatable bonds is 6. The number of halogens is 1. The third kappa shape index (κ3) is 6.12. The number of hydrazone groups is 1. The van der Waals surface area contributed by atoms with Gasteiger partial charge in [0, 0.05) is 10.7 Å². The molecule has 37 heavy (non-hydrogen) atoms. The summed E-state index contributed by atoms with van der Waals surface area (Å²) in [5.74, 6) is -3.59. The number of nitrogens with one attached hydrogen (secondary N) is 3. The number of aryl methyl sites for hydroxylation is 1. The van der Waals surface area contributed by atoms with Crippen molar-refractivity contribution in [2.45, 2.75) is 39.0 Å². The van der Waals surface area contributed by atoms with E-state index in [9.17, 15) is 19.2 Å². The first-order valence-electron chi connectivity index (χ1n) is 11.1. The van der Waals surface area contributed by atoms with E-state index in [0.717, 1.165) is 18.2 Å². The minimum atomic E-state index is -1.71. The van der Waals surface area contributed by atoms with Gasteiger partial charge in [0.15, 0.2) is 5.92 Å². The van der Waals surface area contributed by atoms with Crippen molar-refractivity contribution >= 4 is 51.9 Å². The van der Waals surface area contributed by atoms with Crippen LogP contribution >= 0.6 is 11.6 Å². The Morgan fingerprint density at radius 3 is 2.51 bits per heavy atom. The SMILES string of the molecule is COC(=O)C(C(=NNC(N)=O)C(=O)Nc1c(C)cccc1C(C)(C)C)c1nc2ccc(Cl)cc2[nH]c1=O. The molecular weight excluding hydrogens is 500 g/mol. The Bertz CT molecular complexity index is 1470. The Morgan fingerprint density at radius 2 is 1.89 bits per heavy atom. The van der Waals surface area contributed by atoms with Gasteiger partial charge in [-0.3, -0.25) is 14.4 Å². The molecule has 5 N–H and O–H groups in total. The highest BCUT2D eigenvalue weighted by Gasteiger charge is 2.37. The fourth-order valence-corrected chi connectivity index (χ4v) is 3.91. The highest BCUT2D eigenvalue weighted by molar-refractivity contribution is 6.48. The zero-order chi connectivity index (χ0) is 27.5. The number of esters is 1. The number of carbonyl (C=O) groups excluding carboxylic acids is 3. The Morgan fingerprint density at radius 1 is 1.19 bits per heavy atom. The van der Waals surface area contributed by atoms with Crippen LogP contribution in [0, 0.1) is 6.92 Å². The van der Waals surface area contributed by atoms with Crippen molar-refractivity contribution in [3.63, 3.8) is 0 Å². The minimum absolute atomic E-state index is 0.296. The summed E-state index contributed by atoms with van der Waals surface area (Å²) in [6.45, 7) is 7.73. The number of urea groups is 1. The van der Waals surface area contributed by atoms with Crippen LogP contribution in [0.5, 0.6) is 0 Å². The van der Waals surface area contributed by atoms with E-state index in [-0.39, 0.29) is 11.1 Å². The van der Waals surface area contributed by atoms with E-state index >= 15 is 0 Å². The molecule has 12 heteroatoms. The normalized spacial score (nSPS) is 12.6. The lowest BCUT2D eigenvalue weighted by Crippen LogP contribution is -2.40. The maximum Gasteiger partial charge on any atom is 0.332 e. The molecule has 1 unspecified atom stereocenters. The summed E-state index contributed by atoms with van der Waals surface area (Å²) in [4.78, 5) is 57.9. The fourth-order valence-electron chi connectivity index (χ4n) is 3.74. The lowest BCUT2D eigenvalue weighted by molar-refractivity contribution is -0.141. The molecule has 0 radical (unpaired) electrons. The molecule has 1 aromatic heterocycles. The monoisotopic (exact) mass is 526 g/mol. The Labute approximate surface area is 217 Å². The van der Waals surface area contributed by atoms with E-state index in [4.69, 9.17) is 22.1 Å². The van der Waals surface area contributed by atoms with Crippen LogP contribution in [0.3, 0.4) is 0 Å². The summed E-state index contributed by atoms with van der Waals surface area (Å²) in [6, 6.07) is 9.01. The van der Waals surface area contributed by atoms with Crippen LogP contribution in [0.25, 0.3) is 11.0 Å². The second-order valence-electron chi connectivity index (χ2n) is 9.24. The quantitative estimate of drug-likeness (QED) is 0.218. The third-order valence-electron chi connectivity index (χ3n) is 5.50. The van der Waals surface area contributed by atoms with Gasteiger partial charge in [0.2, 0.25) is 0 Å². The molecule has 0 saturated carbocycles. The molecule has 3 rings (SSSR count). The van der Waals surface area contributed by atoms with Gasteiger partial charge in [-0.25, -0.2) is 15.2 Å². The zero-order valence-corrected chi connectivity index (χ0v) is 21.7. The predicted octanol–water partition coefficient (Wildman–Crippen LogP) is 3.10. The topological polar surface area (TPSA) is 169 Å². The number of benzene rings is 2. The van der Waals surface area contributed by atoms with Crippen molar-refractivity contribution in [1.82, 2.24) is 15.4 Å². The number of H-pyrrole nitrogens is 1. The standard InChI is InChI=1S/C25H27ClN6O5/c1-12-7-6-8-14(25(2,3)4)18(12)30-22(34)20(31-32-24(27)36)17(23(35)37-5)19-21(33)29-16-11-13(26)9-10-15(16)28-19/h6-11,17H,1-5H3,(H,29,33)(H,30,34)(H3,27,32,36). The number of nitrogens with two attached hydrogens (primary N) is 1. The number of anilines is 1. The summed E-state index contributed by atoms with van der Waals surface area (Å²) < 4.78 is 4.89. The summed E-state index contributed by atoms with van der Waals surface area (Å²) in [7, 11) is 1.08. The number of carbonyl (C=O) groups is 3. The van der Waals surface area contributed by atoms with Gasteiger partial charge in [-0.15, -0.1) is 0 Å².